The molecule has 0 radical (unpaired) electrons. The summed E-state index contributed by atoms with van der Waals surface area (Å²) in [5.74, 6) is 0. The van der Waals surface area contributed by atoms with Gasteiger partial charge in [0.2, 0.25) is 0 Å². The molecule has 1 saturated heterocycles. The molecule has 0 amide bonds. The minimum absolute atomic E-state index is 0.101. The molecule has 2 N–H and O–H groups in total. The van der Waals surface area contributed by atoms with Crippen LogP contribution in [0.1, 0.15) is 47.0 Å². The Kier molecular flexibility index (Phi) is 8.03. The van der Waals surface area contributed by atoms with E-state index >= 15 is 0 Å². The number of aliphatic hydroxyl groups excluding tert-OH is 1. The smallest absolute Gasteiger partial charge is 0.0610 e. The van der Waals surface area contributed by atoms with Crippen LogP contribution in [0.2, 0.25) is 0 Å². The van der Waals surface area contributed by atoms with E-state index in [1.165, 1.54) is 26.2 Å². The van der Waals surface area contributed by atoms with Crippen LogP contribution < -0.4 is 5.32 Å². The van der Waals surface area contributed by atoms with Gasteiger partial charge in [0.15, 0.2) is 0 Å². The quantitative estimate of drug-likeness (QED) is 0.674. The van der Waals surface area contributed by atoms with Crippen molar-refractivity contribution in [2.75, 3.05) is 45.9 Å². The van der Waals surface area contributed by atoms with Gasteiger partial charge >= 0.3 is 0 Å². The summed E-state index contributed by atoms with van der Waals surface area (Å²) < 4.78 is 0. The molecule has 0 bridgehead atoms. The SMILES string of the molecule is CCCNC(C)(CO)CCCN1CCN(C(C)C)CC1. The molecule has 0 aliphatic carbocycles. The van der Waals surface area contributed by atoms with Gasteiger partial charge in [-0.3, -0.25) is 4.90 Å². The third kappa shape index (κ3) is 6.08. The lowest BCUT2D eigenvalue weighted by atomic mass is 9.96. The molecule has 1 rings (SSSR count). The molecule has 0 aromatic rings. The Morgan fingerprint density at radius 3 is 2.35 bits per heavy atom. The largest absolute Gasteiger partial charge is 0.394 e. The molecule has 1 aliphatic heterocycles. The second kappa shape index (κ2) is 8.98. The lowest BCUT2D eigenvalue weighted by Crippen LogP contribution is -2.50. The maximum atomic E-state index is 9.56. The third-order valence-corrected chi connectivity index (χ3v) is 4.49. The van der Waals surface area contributed by atoms with Crippen LogP contribution in [0, 0.1) is 0 Å². The number of nitrogens with zero attached hydrogens (tertiary/aromatic N) is 2. The van der Waals surface area contributed by atoms with Gasteiger partial charge in [-0.2, -0.15) is 0 Å². The predicted molar refractivity (Wildman–Crippen MR) is 86.2 cm³/mol. The first kappa shape index (κ1) is 17.9. The highest BCUT2D eigenvalue weighted by Gasteiger charge is 2.23. The topological polar surface area (TPSA) is 38.7 Å². The van der Waals surface area contributed by atoms with Crippen LogP contribution in [0.3, 0.4) is 0 Å². The maximum absolute atomic E-state index is 9.56. The van der Waals surface area contributed by atoms with Crippen molar-refractivity contribution in [3.63, 3.8) is 0 Å². The zero-order chi connectivity index (χ0) is 15.0. The van der Waals surface area contributed by atoms with Gasteiger partial charge in [0.25, 0.3) is 0 Å². The molecule has 0 aromatic heterocycles. The summed E-state index contributed by atoms with van der Waals surface area (Å²) in [5, 5.41) is 13.0. The highest BCUT2D eigenvalue weighted by Crippen LogP contribution is 2.13. The van der Waals surface area contributed by atoms with Crippen LogP contribution in [0.5, 0.6) is 0 Å². The highest BCUT2D eigenvalue weighted by atomic mass is 16.3. The number of rotatable bonds is 9. The molecule has 0 aromatic carbocycles. The molecule has 1 aliphatic rings. The van der Waals surface area contributed by atoms with E-state index in [0.29, 0.717) is 6.04 Å². The lowest BCUT2D eigenvalue weighted by Gasteiger charge is -2.37. The number of hydrogen-bond acceptors (Lipinski definition) is 4. The summed E-state index contributed by atoms with van der Waals surface area (Å²) in [6.07, 6.45) is 3.33. The van der Waals surface area contributed by atoms with E-state index < -0.39 is 0 Å². The van der Waals surface area contributed by atoms with Crippen LogP contribution >= 0.6 is 0 Å². The van der Waals surface area contributed by atoms with E-state index in [9.17, 15) is 5.11 Å². The monoisotopic (exact) mass is 285 g/mol. The van der Waals surface area contributed by atoms with Crippen LogP contribution in [-0.4, -0.2) is 72.4 Å². The molecule has 0 spiro atoms. The third-order valence-electron chi connectivity index (χ3n) is 4.49. The number of piperazine rings is 1. The van der Waals surface area contributed by atoms with E-state index in [4.69, 9.17) is 0 Å². The lowest BCUT2D eigenvalue weighted by molar-refractivity contribution is 0.101. The van der Waals surface area contributed by atoms with Crippen molar-refractivity contribution in [3.05, 3.63) is 0 Å². The zero-order valence-electron chi connectivity index (χ0n) is 14.0. The first-order valence-electron chi connectivity index (χ1n) is 8.33. The fraction of sp³-hybridized carbons (Fsp3) is 1.00. The molecule has 4 heteroatoms. The van der Waals surface area contributed by atoms with Crippen LogP contribution in [0.4, 0.5) is 0 Å². The summed E-state index contributed by atoms with van der Waals surface area (Å²) in [4.78, 5) is 5.12. The minimum Gasteiger partial charge on any atom is -0.394 e. The summed E-state index contributed by atoms with van der Waals surface area (Å²) in [6, 6.07) is 0.674. The summed E-state index contributed by atoms with van der Waals surface area (Å²) in [5.41, 5.74) is -0.101. The summed E-state index contributed by atoms with van der Waals surface area (Å²) in [6.45, 7) is 16.0. The van der Waals surface area contributed by atoms with E-state index in [0.717, 1.165) is 32.4 Å². The Hall–Kier alpha value is -0.160. The van der Waals surface area contributed by atoms with Gasteiger partial charge in [-0.15, -0.1) is 0 Å². The molecule has 120 valence electrons. The zero-order valence-corrected chi connectivity index (χ0v) is 14.0. The van der Waals surface area contributed by atoms with Crippen LogP contribution in [0.15, 0.2) is 0 Å². The van der Waals surface area contributed by atoms with Gasteiger partial charge in [-0.25, -0.2) is 0 Å². The molecule has 0 saturated carbocycles. The van der Waals surface area contributed by atoms with E-state index in [1.807, 2.05) is 0 Å². The molecule has 1 atom stereocenters. The van der Waals surface area contributed by atoms with Crippen molar-refractivity contribution in [1.82, 2.24) is 15.1 Å². The molecule has 4 nitrogen and oxygen atoms in total. The fourth-order valence-electron chi connectivity index (χ4n) is 2.85. The standard InChI is InChI=1S/C16H35N3O/c1-5-8-17-16(4,14-20)7-6-9-18-10-12-19(13-11-18)15(2)3/h15,17,20H,5-14H2,1-4H3. The molecular formula is C16H35N3O. The van der Waals surface area contributed by atoms with Crippen molar-refractivity contribution in [3.8, 4) is 0 Å². The average Bonchev–Trinajstić information content (AvgIpc) is 2.45. The van der Waals surface area contributed by atoms with E-state index in [-0.39, 0.29) is 12.1 Å². The first-order chi connectivity index (χ1) is 9.50. The average molecular weight is 285 g/mol. The molecule has 20 heavy (non-hydrogen) atoms. The van der Waals surface area contributed by atoms with Gasteiger partial charge in [0.1, 0.15) is 0 Å². The van der Waals surface area contributed by atoms with Crippen molar-refractivity contribution >= 4 is 0 Å². The molecular weight excluding hydrogens is 250 g/mol. The van der Waals surface area contributed by atoms with Gasteiger partial charge in [-0.05, 0) is 53.1 Å². The van der Waals surface area contributed by atoms with Crippen molar-refractivity contribution in [1.29, 1.82) is 0 Å². The molecule has 1 unspecified atom stereocenters. The minimum atomic E-state index is -0.101. The summed E-state index contributed by atoms with van der Waals surface area (Å²) in [7, 11) is 0. The Morgan fingerprint density at radius 1 is 1.20 bits per heavy atom. The first-order valence-corrected chi connectivity index (χ1v) is 8.33. The van der Waals surface area contributed by atoms with Crippen LogP contribution in [-0.2, 0) is 0 Å². The predicted octanol–water partition coefficient (Wildman–Crippen LogP) is 1.54. The normalized spacial score (nSPS) is 21.3. The van der Waals surface area contributed by atoms with Crippen molar-refractivity contribution in [2.24, 2.45) is 0 Å². The van der Waals surface area contributed by atoms with Gasteiger partial charge < -0.3 is 15.3 Å². The fourth-order valence-corrected chi connectivity index (χ4v) is 2.85. The second-order valence-electron chi connectivity index (χ2n) is 6.72. The van der Waals surface area contributed by atoms with Gasteiger partial charge in [0.05, 0.1) is 6.61 Å². The summed E-state index contributed by atoms with van der Waals surface area (Å²) >= 11 is 0. The Bertz CT molecular complexity index is 252. The Labute approximate surface area is 125 Å². The van der Waals surface area contributed by atoms with Gasteiger partial charge in [-0.1, -0.05) is 6.92 Å². The maximum Gasteiger partial charge on any atom is 0.0610 e. The van der Waals surface area contributed by atoms with Gasteiger partial charge in [0, 0.05) is 37.8 Å². The number of aliphatic hydroxyl groups is 1. The second-order valence-corrected chi connectivity index (χ2v) is 6.72. The van der Waals surface area contributed by atoms with E-state index in [2.05, 4.69) is 42.8 Å². The Morgan fingerprint density at radius 2 is 1.85 bits per heavy atom. The molecule has 1 heterocycles. The van der Waals surface area contributed by atoms with Crippen molar-refractivity contribution < 1.29 is 5.11 Å². The highest BCUT2D eigenvalue weighted by molar-refractivity contribution is 4.83. The van der Waals surface area contributed by atoms with E-state index in [1.54, 1.807) is 0 Å². The molecule has 1 fully saturated rings. The van der Waals surface area contributed by atoms with Crippen molar-refractivity contribution in [2.45, 2.75) is 58.5 Å². The number of nitrogens with one attached hydrogen (secondary N) is 1. The Balaban J connectivity index is 2.20. The van der Waals surface area contributed by atoms with Crippen LogP contribution in [0.25, 0.3) is 0 Å². The number of hydrogen-bond donors (Lipinski definition) is 2.